The largest absolute Gasteiger partial charge is 0.378 e. The number of carbonyl (C=O) groups is 2. The fraction of sp³-hybridized carbons (Fsp3) is 0.846. The molecule has 39 heavy (non-hydrogen) atoms. The Balaban J connectivity index is 1.06. The number of primary amides is 1. The minimum atomic E-state index is -0.392. The van der Waals surface area contributed by atoms with Crippen molar-refractivity contribution in [3.8, 4) is 0 Å². The topological polar surface area (TPSA) is 158 Å². The van der Waals surface area contributed by atoms with Gasteiger partial charge in [-0.05, 0) is 19.3 Å². The maximum atomic E-state index is 12.9. The third-order valence-electron chi connectivity index (χ3n) is 9.11. The minimum Gasteiger partial charge on any atom is -0.378 e. The van der Waals surface area contributed by atoms with Gasteiger partial charge in [-0.1, -0.05) is 6.42 Å². The van der Waals surface area contributed by atoms with E-state index < -0.39 is 6.04 Å². The summed E-state index contributed by atoms with van der Waals surface area (Å²) in [5.41, 5.74) is 10.2. The molecule has 5 heterocycles. The van der Waals surface area contributed by atoms with Crippen LogP contribution in [0.15, 0.2) is 11.1 Å². The maximum Gasteiger partial charge on any atom is 0.236 e. The SMILES string of the molecule is NC(=O)C1NCC(N[C@H]2CCCC[C@H]2[NH3+])CC1NC1CNC(C2COC3C(=O)C=C(N4CCOCC4)SC32)S1. The summed E-state index contributed by atoms with van der Waals surface area (Å²) in [7, 11) is 0. The summed E-state index contributed by atoms with van der Waals surface area (Å²) in [6.45, 7) is 5.13. The standard InChI is InChI=1S/C26H43N7O4S2/c27-16-3-1-2-4-17(16)31-14-9-18(22(25(28)35)29-11-14)32-20-12-30-26(38-20)15-13-37-23-19(34)10-21(39-24(15)23)33-5-7-36-8-6-33/h10,14-18,20,22-24,26,29-32H,1-9,11-13,27H2,(H2,28,35)/p+1/t14?,15?,16-,17+,18?,20?,22?,23?,24?,26?/m1/s1. The second-order valence-electron chi connectivity index (χ2n) is 11.7. The van der Waals surface area contributed by atoms with Crippen molar-refractivity contribution >= 4 is 35.2 Å². The molecule has 1 saturated carbocycles. The van der Waals surface area contributed by atoms with Crippen molar-refractivity contribution in [1.29, 1.82) is 0 Å². The normalized spacial score (nSPS) is 43.3. The van der Waals surface area contributed by atoms with Gasteiger partial charge in [-0.3, -0.25) is 14.9 Å². The van der Waals surface area contributed by atoms with E-state index in [0.717, 1.165) is 37.6 Å². The van der Waals surface area contributed by atoms with Crippen molar-refractivity contribution in [3.05, 3.63) is 11.1 Å². The summed E-state index contributed by atoms with van der Waals surface area (Å²) in [6.07, 6.45) is 7.11. The Morgan fingerprint density at radius 1 is 1.13 bits per heavy atom. The lowest BCUT2D eigenvalue weighted by Gasteiger charge is -2.40. The number of amides is 1. The Kier molecular flexibility index (Phi) is 9.08. The highest BCUT2D eigenvalue weighted by Crippen LogP contribution is 2.45. The zero-order chi connectivity index (χ0) is 26.9. The van der Waals surface area contributed by atoms with Crippen LogP contribution in [0, 0.1) is 5.92 Å². The number of quaternary nitrogens is 1. The number of piperidine rings is 1. The fourth-order valence-electron chi connectivity index (χ4n) is 6.95. The second kappa shape index (κ2) is 12.5. The third-order valence-corrected chi connectivity index (χ3v) is 12.0. The van der Waals surface area contributed by atoms with Crippen LogP contribution in [0.4, 0.5) is 0 Å². The van der Waals surface area contributed by atoms with Crippen LogP contribution < -0.4 is 32.7 Å². The quantitative estimate of drug-likeness (QED) is 0.201. The van der Waals surface area contributed by atoms with E-state index in [0.29, 0.717) is 31.9 Å². The number of nitrogens with zero attached hydrogens (tertiary/aromatic N) is 1. The zero-order valence-electron chi connectivity index (χ0n) is 22.5. The molecule has 0 aromatic heterocycles. The van der Waals surface area contributed by atoms with Crippen LogP contribution in [0.3, 0.4) is 0 Å². The predicted octanol–water partition coefficient (Wildman–Crippen LogP) is -1.84. The van der Waals surface area contributed by atoms with Crippen LogP contribution in [0.25, 0.3) is 0 Å². The van der Waals surface area contributed by atoms with E-state index in [1.54, 1.807) is 17.8 Å². The number of ether oxygens (including phenoxy) is 2. The monoisotopic (exact) mass is 582 g/mol. The van der Waals surface area contributed by atoms with Crippen LogP contribution in [0.5, 0.6) is 0 Å². The first-order valence-corrected chi connectivity index (χ1v) is 16.4. The van der Waals surface area contributed by atoms with E-state index in [2.05, 4.69) is 31.9 Å². The first kappa shape index (κ1) is 28.2. The first-order valence-electron chi connectivity index (χ1n) is 14.6. The molecule has 5 fully saturated rings. The van der Waals surface area contributed by atoms with Crippen LogP contribution in [-0.2, 0) is 19.1 Å². The first-order chi connectivity index (χ1) is 19.0. The highest BCUT2D eigenvalue weighted by Gasteiger charge is 2.50. The summed E-state index contributed by atoms with van der Waals surface area (Å²) >= 11 is 3.65. The van der Waals surface area contributed by atoms with Crippen molar-refractivity contribution in [2.24, 2.45) is 11.7 Å². The molecule has 4 saturated heterocycles. The molecule has 6 aliphatic rings. The molecule has 8 unspecified atom stereocenters. The van der Waals surface area contributed by atoms with Crippen LogP contribution in [0.1, 0.15) is 32.1 Å². The average Bonchev–Trinajstić information content (AvgIpc) is 3.58. The number of carbonyl (C=O) groups excluding carboxylic acids is 2. The molecule has 218 valence electrons. The van der Waals surface area contributed by atoms with Gasteiger partial charge in [0.15, 0.2) is 5.78 Å². The van der Waals surface area contributed by atoms with Crippen LogP contribution >= 0.6 is 23.5 Å². The zero-order valence-corrected chi connectivity index (χ0v) is 24.2. The molecule has 5 aliphatic heterocycles. The molecular formula is C26H44N7O4S2+. The molecule has 0 radical (unpaired) electrons. The molecule has 1 amide bonds. The van der Waals surface area contributed by atoms with Crippen LogP contribution in [0.2, 0.25) is 0 Å². The van der Waals surface area contributed by atoms with Gasteiger partial charge in [-0.2, -0.15) is 0 Å². The van der Waals surface area contributed by atoms with Gasteiger partial charge in [0, 0.05) is 56.7 Å². The number of nitrogens with two attached hydrogens (primary N) is 1. The van der Waals surface area contributed by atoms with E-state index in [-0.39, 0.29) is 51.8 Å². The number of rotatable bonds is 7. The lowest BCUT2D eigenvalue weighted by atomic mass is 9.88. The molecule has 6 rings (SSSR count). The Morgan fingerprint density at radius 3 is 2.74 bits per heavy atom. The Labute approximate surface area is 239 Å². The highest BCUT2D eigenvalue weighted by molar-refractivity contribution is 8.04. The fourth-order valence-corrected chi connectivity index (χ4v) is 10.0. The van der Waals surface area contributed by atoms with Gasteiger partial charge in [-0.15, -0.1) is 23.5 Å². The summed E-state index contributed by atoms with van der Waals surface area (Å²) < 4.78 is 11.5. The van der Waals surface area contributed by atoms with Crippen molar-refractivity contribution in [2.75, 3.05) is 46.0 Å². The molecule has 11 nitrogen and oxygen atoms in total. The third kappa shape index (κ3) is 6.31. The highest BCUT2D eigenvalue weighted by atomic mass is 32.2. The number of morpholine rings is 1. The van der Waals surface area contributed by atoms with Crippen molar-refractivity contribution in [2.45, 2.75) is 84.4 Å². The van der Waals surface area contributed by atoms with E-state index >= 15 is 0 Å². The summed E-state index contributed by atoms with van der Waals surface area (Å²) in [5, 5.41) is 16.2. The van der Waals surface area contributed by atoms with Gasteiger partial charge in [-0.25, -0.2) is 0 Å². The van der Waals surface area contributed by atoms with Gasteiger partial charge in [0.1, 0.15) is 12.1 Å². The number of fused-ring (bicyclic) bond motifs is 1. The Bertz CT molecular complexity index is 938. The minimum absolute atomic E-state index is 0.0484. The molecule has 0 aromatic carbocycles. The molecule has 10 atom stereocenters. The van der Waals surface area contributed by atoms with Crippen LogP contribution in [-0.4, -0.2) is 115 Å². The molecular weight excluding hydrogens is 538 g/mol. The number of hydrogen-bond donors (Lipinski definition) is 6. The summed E-state index contributed by atoms with van der Waals surface area (Å²) in [4.78, 5) is 27.5. The average molecular weight is 583 g/mol. The number of hydrogen-bond acceptors (Lipinski definition) is 11. The summed E-state index contributed by atoms with van der Waals surface area (Å²) in [6, 6.07) is 0.713. The van der Waals surface area contributed by atoms with Gasteiger partial charge in [0.25, 0.3) is 0 Å². The molecule has 13 heteroatoms. The van der Waals surface area contributed by atoms with E-state index in [4.69, 9.17) is 15.2 Å². The van der Waals surface area contributed by atoms with Gasteiger partial charge < -0.3 is 41.8 Å². The van der Waals surface area contributed by atoms with E-state index in [1.807, 2.05) is 11.8 Å². The summed E-state index contributed by atoms with van der Waals surface area (Å²) in [5.74, 6) is -0.00614. The number of ketones is 1. The van der Waals surface area contributed by atoms with Crippen molar-refractivity contribution in [3.63, 3.8) is 0 Å². The second-order valence-corrected chi connectivity index (χ2v) is 14.3. The lowest BCUT2D eigenvalue weighted by Crippen LogP contribution is -2.72. The molecule has 1 aliphatic carbocycles. The number of nitrogens with one attached hydrogen (secondary N) is 4. The molecule has 0 bridgehead atoms. The molecule has 9 N–H and O–H groups in total. The maximum absolute atomic E-state index is 12.9. The van der Waals surface area contributed by atoms with E-state index in [1.165, 1.54) is 25.7 Å². The predicted molar refractivity (Wildman–Crippen MR) is 152 cm³/mol. The van der Waals surface area contributed by atoms with Gasteiger partial charge >= 0.3 is 0 Å². The molecule has 0 spiro atoms. The van der Waals surface area contributed by atoms with Crippen molar-refractivity contribution in [1.82, 2.24) is 26.2 Å². The lowest BCUT2D eigenvalue weighted by molar-refractivity contribution is -0.431. The van der Waals surface area contributed by atoms with Gasteiger partial charge in [0.05, 0.1) is 52.9 Å². The smallest absolute Gasteiger partial charge is 0.236 e. The molecule has 0 aromatic rings. The Hall–Kier alpha value is -0.900. The number of thioether (sulfide) groups is 2. The Morgan fingerprint density at radius 2 is 1.95 bits per heavy atom. The van der Waals surface area contributed by atoms with Crippen molar-refractivity contribution < 1.29 is 24.8 Å². The van der Waals surface area contributed by atoms with Gasteiger partial charge in [0.2, 0.25) is 5.91 Å². The van der Waals surface area contributed by atoms with E-state index in [9.17, 15) is 9.59 Å².